The van der Waals surface area contributed by atoms with E-state index in [2.05, 4.69) is 34.3 Å². The highest BCUT2D eigenvalue weighted by atomic mass is 19.4. The summed E-state index contributed by atoms with van der Waals surface area (Å²) in [5.74, 6) is -0.587. The number of benzene rings is 3. The molecule has 5 rings (SSSR count). The Morgan fingerprint density at radius 3 is 2.23 bits per heavy atom. The summed E-state index contributed by atoms with van der Waals surface area (Å²) < 4.78 is 41.2. The lowest BCUT2D eigenvalue weighted by atomic mass is 9.90. The standard InChI is InChI=1S/C24H18F3NO2/c25-24(26,27)30-16-7-5-6-15(12-16)14-28-22(29)21-13-23(21)19-10-3-1-8-17(19)18-9-2-4-11-20(18)23/h1-12,21H,13-14H2,(H,28,29). The molecule has 1 unspecified atom stereocenters. The van der Waals surface area contributed by atoms with E-state index < -0.39 is 6.36 Å². The van der Waals surface area contributed by atoms with Gasteiger partial charge >= 0.3 is 6.36 Å². The van der Waals surface area contributed by atoms with Crippen molar-refractivity contribution >= 4 is 5.91 Å². The number of nitrogens with one attached hydrogen (secondary N) is 1. The van der Waals surface area contributed by atoms with Gasteiger partial charge < -0.3 is 10.1 Å². The van der Waals surface area contributed by atoms with Crippen LogP contribution in [0.25, 0.3) is 11.1 Å². The predicted molar refractivity (Wildman–Crippen MR) is 106 cm³/mol. The Labute approximate surface area is 171 Å². The first-order valence-corrected chi connectivity index (χ1v) is 9.70. The molecule has 1 fully saturated rings. The van der Waals surface area contributed by atoms with Crippen molar-refractivity contribution in [2.75, 3.05) is 0 Å². The van der Waals surface area contributed by atoms with Crippen molar-refractivity contribution in [1.82, 2.24) is 5.32 Å². The zero-order chi connectivity index (χ0) is 20.9. The molecule has 3 aromatic rings. The summed E-state index contributed by atoms with van der Waals surface area (Å²) in [6.45, 7) is 0.143. The number of rotatable bonds is 4. The third-order valence-electron chi connectivity index (χ3n) is 5.98. The second-order valence-corrected chi connectivity index (χ2v) is 7.73. The molecule has 1 amide bonds. The van der Waals surface area contributed by atoms with E-state index in [1.54, 1.807) is 6.07 Å². The van der Waals surface area contributed by atoms with Gasteiger partial charge in [-0.1, -0.05) is 60.7 Å². The number of hydrogen-bond acceptors (Lipinski definition) is 2. The lowest BCUT2D eigenvalue weighted by Crippen LogP contribution is -2.28. The van der Waals surface area contributed by atoms with Crippen LogP contribution >= 0.6 is 0 Å². The fourth-order valence-electron chi connectivity index (χ4n) is 4.70. The molecule has 2 aliphatic carbocycles. The Hall–Kier alpha value is -3.28. The molecule has 3 nitrogen and oxygen atoms in total. The van der Waals surface area contributed by atoms with Crippen molar-refractivity contribution in [2.45, 2.75) is 24.7 Å². The van der Waals surface area contributed by atoms with Gasteiger partial charge in [0.25, 0.3) is 0 Å². The number of fused-ring (bicyclic) bond motifs is 5. The number of carbonyl (C=O) groups is 1. The zero-order valence-electron chi connectivity index (χ0n) is 15.9. The molecular weight excluding hydrogens is 391 g/mol. The molecule has 3 aromatic carbocycles. The van der Waals surface area contributed by atoms with Crippen LogP contribution in [0.15, 0.2) is 72.8 Å². The fraction of sp³-hybridized carbons (Fsp3) is 0.208. The van der Waals surface area contributed by atoms with Gasteiger partial charge in [-0.05, 0) is 46.4 Å². The number of carbonyl (C=O) groups excluding carboxylic acids is 1. The van der Waals surface area contributed by atoms with E-state index in [4.69, 9.17) is 0 Å². The van der Waals surface area contributed by atoms with Crippen molar-refractivity contribution in [2.24, 2.45) is 5.92 Å². The molecule has 0 heterocycles. The Kier molecular flexibility index (Phi) is 4.13. The highest BCUT2D eigenvalue weighted by molar-refractivity contribution is 5.92. The summed E-state index contributed by atoms with van der Waals surface area (Å²) in [5, 5.41) is 2.89. The molecule has 0 bridgehead atoms. The van der Waals surface area contributed by atoms with Gasteiger partial charge in [0, 0.05) is 12.0 Å². The van der Waals surface area contributed by atoms with Crippen molar-refractivity contribution < 1.29 is 22.7 Å². The highest BCUT2D eigenvalue weighted by Crippen LogP contribution is 2.66. The van der Waals surface area contributed by atoms with Crippen molar-refractivity contribution in [3.63, 3.8) is 0 Å². The average molecular weight is 409 g/mol. The molecule has 0 radical (unpaired) electrons. The quantitative estimate of drug-likeness (QED) is 0.644. The van der Waals surface area contributed by atoms with Crippen LogP contribution in [0.4, 0.5) is 13.2 Å². The fourth-order valence-corrected chi connectivity index (χ4v) is 4.70. The smallest absolute Gasteiger partial charge is 0.406 e. The maximum absolute atomic E-state index is 13.0. The van der Waals surface area contributed by atoms with Crippen LogP contribution in [0.1, 0.15) is 23.1 Å². The van der Waals surface area contributed by atoms with E-state index in [9.17, 15) is 18.0 Å². The molecule has 1 saturated carbocycles. The second kappa shape index (κ2) is 6.62. The minimum atomic E-state index is -4.74. The first-order valence-electron chi connectivity index (χ1n) is 9.70. The topological polar surface area (TPSA) is 38.3 Å². The summed E-state index contributed by atoms with van der Waals surface area (Å²) in [4.78, 5) is 13.0. The second-order valence-electron chi connectivity index (χ2n) is 7.73. The molecular formula is C24H18F3NO2. The summed E-state index contributed by atoms with van der Waals surface area (Å²) >= 11 is 0. The number of alkyl halides is 3. The Morgan fingerprint density at radius 1 is 0.967 bits per heavy atom. The first-order chi connectivity index (χ1) is 14.4. The Balaban J connectivity index is 1.34. The van der Waals surface area contributed by atoms with Crippen molar-refractivity contribution in [3.8, 4) is 16.9 Å². The van der Waals surface area contributed by atoms with Gasteiger partial charge in [0.15, 0.2) is 0 Å². The maximum atomic E-state index is 13.0. The molecule has 30 heavy (non-hydrogen) atoms. The third kappa shape index (κ3) is 3.03. The van der Waals surface area contributed by atoms with Gasteiger partial charge in [-0.3, -0.25) is 4.79 Å². The molecule has 1 atom stereocenters. The monoisotopic (exact) mass is 409 g/mol. The summed E-state index contributed by atoms with van der Waals surface area (Å²) in [5.41, 5.74) is 4.92. The van der Waals surface area contributed by atoms with E-state index in [0.29, 0.717) is 5.56 Å². The van der Waals surface area contributed by atoms with Crippen LogP contribution in [-0.4, -0.2) is 12.3 Å². The predicted octanol–water partition coefficient (Wildman–Crippen LogP) is 5.19. The SMILES string of the molecule is O=C(NCc1cccc(OC(F)(F)F)c1)C1CC12c1ccccc1-c1ccccc12. The average Bonchev–Trinajstić information content (AvgIpc) is 3.41. The number of amides is 1. The van der Waals surface area contributed by atoms with E-state index in [1.165, 1.54) is 40.5 Å². The van der Waals surface area contributed by atoms with Crippen LogP contribution in [0.2, 0.25) is 0 Å². The van der Waals surface area contributed by atoms with E-state index in [0.717, 1.165) is 6.42 Å². The van der Waals surface area contributed by atoms with Crippen LogP contribution in [0.3, 0.4) is 0 Å². The molecule has 1 spiro atoms. The maximum Gasteiger partial charge on any atom is 0.573 e. The van der Waals surface area contributed by atoms with Gasteiger partial charge in [0.1, 0.15) is 5.75 Å². The molecule has 0 aliphatic heterocycles. The molecule has 2 aliphatic rings. The molecule has 6 heteroatoms. The molecule has 1 N–H and O–H groups in total. The van der Waals surface area contributed by atoms with Gasteiger partial charge in [0.2, 0.25) is 5.91 Å². The Morgan fingerprint density at radius 2 is 1.60 bits per heavy atom. The summed E-state index contributed by atoms with van der Waals surface area (Å²) in [6.07, 6.45) is -4.02. The molecule has 0 aromatic heterocycles. The van der Waals surface area contributed by atoms with Crippen molar-refractivity contribution in [1.29, 1.82) is 0 Å². The van der Waals surface area contributed by atoms with E-state index in [-0.39, 0.29) is 29.5 Å². The largest absolute Gasteiger partial charge is 0.573 e. The van der Waals surface area contributed by atoms with Gasteiger partial charge in [-0.25, -0.2) is 0 Å². The zero-order valence-corrected chi connectivity index (χ0v) is 15.9. The van der Waals surface area contributed by atoms with Gasteiger partial charge in [0.05, 0.1) is 5.92 Å². The number of ether oxygens (including phenoxy) is 1. The normalized spacial score (nSPS) is 17.9. The molecule has 152 valence electrons. The van der Waals surface area contributed by atoms with Crippen molar-refractivity contribution in [3.05, 3.63) is 89.5 Å². The first kappa shape index (κ1) is 18.7. The molecule has 0 saturated heterocycles. The van der Waals surface area contributed by atoms with Gasteiger partial charge in [-0.2, -0.15) is 0 Å². The van der Waals surface area contributed by atoms with Gasteiger partial charge in [-0.15, -0.1) is 13.2 Å². The van der Waals surface area contributed by atoms with Crippen LogP contribution in [-0.2, 0) is 16.8 Å². The minimum absolute atomic E-state index is 0.0938. The van der Waals surface area contributed by atoms with E-state index >= 15 is 0 Å². The van der Waals surface area contributed by atoms with E-state index in [1.807, 2.05) is 24.3 Å². The third-order valence-corrected chi connectivity index (χ3v) is 5.98. The van der Waals surface area contributed by atoms with Crippen LogP contribution in [0, 0.1) is 5.92 Å². The number of hydrogen-bond donors (Lipinski definition) is 1. The Bertz CT molecular complexity index is 1090. The van der Waals surface area contributed by atoms with Crippen LogP contribution in [0.5, 0.6) is 5.75 Å². The highest BCUT2D eigenvalue weighted by Gasteiger charge is 2.63. The summed E-state index contributed by atoms with van der Waals surface area (Å²) in [6, 6.07) is 22.0. The minimum Gasteiger partial charge on any atom is -0.406 e. The number of halogens is 3. The lowest BCUT2D eigenvalue weighted by Gasteiger charge is -2.14. The lowest BCUT2D eigenvalue weighted by molar-refractivity contribution is -0.274. The van der Waals surface area contributed by atoms with Crippen LogP contribution < -0.4 is 10.1 Å². The summed E-state index contributed by atoms with van der Waals surface area (Å²) in [7, 11) is 0.